The fourth-order valence-electron chi connectivity index (χ4n) is 9.38. The summed E-state index contributed by atoms with van der Waals surface area (Å²) in [5.74, 6) is -1.70. The minimum absolute atomic E-state index is 0.186. The first-order valence-corrected chi connectivity index (χ1v) is 23.6. The van der Waals surface area contributed by atoms with Gasteiger partial charge in [-0.15, -0.1) is 0 Å². The molecule has 0 saturated carbocycles. The van der Waals surface area contributed by atoms with Gasteiger partial charge in [-0.25, -0.2) is 18.3 Å². The van der Waals surface area contributed by atoms with Crippen LogP contribution in [0.5, 0.6) is 0 Å². The van der Waals surface area contributed by atoms with E-state index in [4.69, 9.17) is 28.8 Å². The molecule has 8 aromatic rings. The molecule has 370 valence electrons. The summed E-state index contributed by atoms with van der Waals surface area (Å²) >= 11 is 0. The van der Waals surface area contributed by atoms with E-state index in [1.807, 2.05) is 98.6 Å². The van der Waals surface area contributed by atoms with Crippen LogP contribution in [0.2, 0.25) is 0 Å². The van der Waals surface area contributed by atoms with Gasteiger partial charge in [0, 0.05) is 96.1 Å². The van der Waals surface area contributed by atoms with Crippen LogP contribution in [0.4, 0.5) is 0 Å². The Balaban J connectivity index is 0.000000223. The Kier molecular flexibility index (Phi) is 11.0. The highest BCUT2D eigenvalue weighted by molar-refractivity contribution is 5.68. The molecule has 0 N–H and O–H groups in total. The third-order valence-corrected chi connectivity index (χ3v) is 12.8. The lowest BCUT2D eigenvalue weighted by Crippen LogP contribution is -2.32. The molecule has 0 fully saturated rings. The van der Waals surface area contributed by atoms with Gasteiger partial charge in [-0.2, -0.15) is 0 Å². The number of aromatic nitrogens is 4. The summed E-state index contributed by atoms with van der Waals surface area (Å²) in [5.41, 5.74) is 19.6. The molecule has 0 radical (unpaired) electrons. The molecule has 0 aliphatic carbocycles. The standard InChI is InChI=1S/C18H24N.C17H22N.2C16H20N/c1-12(2)16-7-8-17(14(4)10-16)18-15(5)9-13(3)11-19(18)6;1-6-15-7-8-16(13(3)10-15)17-14(4)9-12(2)11-18(17)5;1-11-6-7-15(13(3)8-11)16-14(4)9-12(2)10-17(16)5;1-11-6-7-15(13(3)10-11)16-14(4)12(2)8-9-17(16)5/h7-12H,1-6H3;7-11H,6H2,1-5H3;2*6-10H,1-5H3/q4*+1/i1D3,3D3,12D;1D3,6D2;1D3,2D3;1D3. The lowest BCUT2D eigenvalue weighted by molar-refractivity contribution is -0.661. The van der Waals surface area contributed by atoms with E-state index in [2.05, 4.69) is 30.5 Å². The molecule has 0 bridgehead atoms. The van der Waals surface area contributed by atoms with Gasteiger partial charge in [-0.1, -0.05) is 80.3 Å². The van der Waals surface area contributed by atoms with E-state index >= 15 is 0 Å². The van der Waals surface area contributed by atoms with Gasteiger partial charge in [0.15, 0.2) is 24.8 Å². The Labute approximate surface area is 459 Å². The highest BCUT2D eigenvalue weighted by Gasteiger charge is 2.20. The van der Waals surface area contributed by atoms with E-state index in [0.717, 1.165) is 84.0 Å². The molecule has 4 nitrogen and oxygen atoms in total. The van der Waals surface area contributed by atoms with Gasteiger partial charge >= 0.3 is 0 Å². The number of benzene rings is 4. The zero-order chi connectivity index (χ0) is 70.3. The van der Waals surface area contributed by atoms with Crippen molar-refractivity contribution in [2.75, 3.05) is 0 Å². The zero-order valence-electron chi connectivity index (χ0n) is 65.3. The van der Waals surface area contributed by atoms with Crippen molar-refractivity contribution in [2.24, 2.45) is 28.2 Å². The molecule has 4 aromatic heterocycles. The Bertz CT molecular complexity index is 3940. The SMILES string of the molecule is [2H]C([2H])([2H])C([2H])([2H])c1ccc(-c2c(C)cc(C)c[n+]2C)c(C)c1.[2H]C([2H])([2H])c1cc(C)c(-c2ccc(C([2H])(C)C([2H])([2H])[2H])cc2C)[n+](C)c1.[2H]C([2H])([2H])c1ccc(-c2c(C)c(C)cc[n+]2C)c(C)c1.[2H]C([2H])([2H])c1ccc(-c2c(C)cc(C([2H])([2H])[2H])c[n+]2C)c(C)c1. The summed E-state index contributed by atoms with van der Waals surface area (Å²) in [4.78, 5) is 0. The smallest absolute Gasteiger partial charge is 0.201 e. The fraction of sp³-hybridized carbons (Fsp3) is 0.343. The van der Waals surface area contributed by atoms with Crippen molar-refractivity contribution in [1.82, 2.24) is 0 Å². The van der Waals surface area contributed by atoms with Crippen LogP contribution in [0.25, 0.3) is 45.0 Å². The van der Waals surface area contributed by atoms with Gasteiger partial charge in [0.2, 0.25) is 22.8 Å². The summed E-state index contributed by atoms with van der Waals surface area (Å²) in [6.45, 7) is 7.33. The van der Waals surface area contributed by atoms with Gasteiger partial charge < -0.3 is 0 Å². The molecule has 0 aliphatic heterocycles. The average molecular weight is 969 g/mol. The molecule has 1 unspecified atom stereocenters. The third kappa shape index (κ3) is 13.7. The Hall–Kier alpha value is -6.52. The fourth-order valence-corrected chi connectivity index (χ4v) is 9.38. The van der Waals surface area contributed by atoms with Crippen LogP contribution in [0.1, 0.15) is 144 Å². The number of nitrogens with zero attached hydrogens (tertiary/aromatic N) is 4. The number of rotatable bonds is 6. The summed E-state index contributed by atoms with van der Waals surface area (Å²) in [6.07, 6.45) is 4.92. The lowest BCUT2D eigenvalue weighted by Gasteiger charge is -2.11. The first-order valence-electron chi connectivity index (χ1n) is 34.1. The molecule has 8 rings (SSSR count). The van der Waals surface area contributed by atoms with Gasteiger partial charge in [0.25, 0.3) is 0 Å². The predicted octanol–water partition coefficient (Wildman–Crippen LogP) is 14.7. The highest BCUT2D eigenvalue weighted by Crippen LogP contribution is 2.29. The van der Waals surface area contributed by atoms with Crippen LogP contribution in [-0.4, -0.2) is 0 Å². The molecule has 1 atom stereocenters. The third-order valence-electron chi connectivity index (χ3n) is 12.8. The molecule has 4 heterocycles. The Morgan fingerprint density at radius 2 is 0.831 bits per heavy atom. The Morgan fingerprint density at radius 3 is 1.25 bits per heavy atom. The van der Waals surface area contributed by atoms with Crippen LogP contribution >= 0.6 is 0 Å². The van der Waals surface area contributed by atoms with Crippen molar-refractivity contribution < 1.29 is 47.1 Å². The van der Waals surface area contributed by atoms with Crippen LogP contribution in [0.3, 0.4) is 0 Å². The quantitative estimate of drug-likeness (QED) is 0.148. The number of aryl methyl sites for hydroxylation is 18. The minimum Gasteiger partial charge on any atom is -0.201 e. The highest BCUT2D eigenvalue weighted by atomic mass is 14.9. The zero-order valence-corrected chi connectivity index (χ0v) is 44.3. The second-order valence-corrected chi connectivity index (χ2v) is 18.9. The predicted molar refractivity (Wildman–Crippen MR) is 302 cm³/mol. The van der Waals surface area contributed by atoms with Crippen molar-refractivity contribution in [3.63, 3.8) is 0 Å². The number of pyridine rings is 4. The van der Waals surface area contributed by atoms with Crippen molar-refractivity contribution in [1.29, 1.82) is 0 Å². The molecule has 71 heavy (non-hydrogen) atoms. The maximum atomic E-state index is 8.24. The second-order valence-electron chi connectivity index (χ2n) is 18.9. The molecule has 0 spiro atoms. The first-order chi connectivity index (χ1) is 41.7. The van der Waals surface area contributed by atoms with Crippen LogP contribution < -0.4 is 18.3 Å². The topological polar surface area (TPSA) is 15.5 Å². The summed E-state index contributed by atoms with van der Waals surface area (Å²) in [5, 5.41) is 0. The van der Waals surface area contributed by atoms with Gasteiger partial charge in [-0.05, 0) is 190 Å². The van der Waals surface area contributed by atoms with E-state index in [1.54, 1.807) is 108 Å². The van der Waals surface area contributed by atoms with E-state index in [1.165, 1.54) is 23.6 Å². The van der Waals surface area contributed by atoms with E-state index < -0.39 is 53.4 Å². The summed E-state index contributed by atoms with van der Waals surface area (Å²) < 4.78 is 167. The molecule has 4 heteroatoms. The van der Waals surface area contributed by atoms with Crippen molar-refractivity contribution in [3.8, 4) is 45.0 Å². The Morgan fingerprint density at radius 1 is 0.423 bits per heavy atom. The van der Waals surface area contributed by atoms with Crippen molar-refractivity contribution in [3.05, 3.63) is 211 Å². The van der Waals surface area contributed by atoms with E-state index in [-0.39, 0.29) is 16.7 Å². The molecule has 0 aliphatic rings. The molecular weight excluding hydrogens is 861 g/mol. The van der Waals surface area contributed by atoms with Crippen LogP contribution in [0, 0.1) is 96.6 Å². The van der Waals surface area contributed by atoms with Crippen molar-refractivity contribution >= 4 is 0 Å². The summed E-state index contributed by atoms with van der Waals surface area (Å²) in [6, 6.07) is 28.2. The number of hydrogen-bond donors (Lipinski definition) is 0. The van der Waals surface area contributed by atoms with Gasteiger partial charge in [0.05, 0.1) is 0 Å². The van der Waals surface area contributed by atoms with Crippen molar-refractivity contribution in [2.45, 2.75) is 130 Å². The van der Waals surface area contributed by atoms with Crippen LogP contribution in [-0.2, 0) is 34.6 Å². The first kappa shape index (κ1) is 32.5. The molecule has 4 aromatic carbocycles. The monoisotopic (exact) mass is 968 g/mol. The maximum Gasteiger partial charge on any atom is 0.215 e. The van der Waals surface area contributed by atoms with Gasteiger partial charge in [-0.3, -0.25) is 0 Å². The molecule has 0 amide bonds. The molecule has 0 saturated heterocycles. The largest absolute Gasteiger partial charge is 0.215 e. The van der Waals surface area contributed by atoms with Crippen LogP contribution in [0.15, 0.2) is 122 Å². The van der Waals surface area contributed by atoms with Gasteiger partial charge in [0.1, 0.15) is 28.2 Å². The lowest BCUT2D eigenvalue weighted by atomic mass is 9.94. The van der Waals surface area contributed by atoms with E-state index in [0.29, 0.717) is 16.7 Å². The molecular formula is C67H86N4+4. The normalized spacial score (nSPS) is 17.3. The second kappa shape index (κ2) is 24.1. The summed E-state index contributed by atoms with van der Waals surface area (Å²) in [7, 11) is 7.58. The maximum absolute atomic E-state index is 8.24. The minimum atomic E-state index is -2.69. The number of hydrogen-bond acceptors (Lipinski definition) is 0. The van der Waals surface area contributed by atoms with E-state index in [9.17, 15) is 0 Å². The average Bonchev–Trinajstić information content (AvgIpc) is 0.792.